The lowest BCUT2D eigenvalue weighted by molar-refractivity contribution is -0.385. The van der Waals surface area contributed by atoms with Crippen molar-refractivity contribution in [1.29, 1.82) is 0 Å². The van der Waals surface area contributed by atoms with Gasteiger partial charge in [-0.1, -0.05) is 34.8 Å². The SMILES string of the molecule is Nc1nc2ccc(CC(=O)Nc3nnc(-c4ccc(Br)c([N+](=O)[O-])c4)s3)cc2s1. The van der Waals surface area contributed by atoms with Crippen LogP contribution in [-0.4, -0.2) is 26.0 Å². The molecular weight excluding hydrogens is 480 g/mol. The molecule has 9 nitrogen and oxygen atoms in total. The molecule has 0 saturated heterocycles. The lowest BCUT2D eigenvalue weighted by Crippen LogP contribution is -2.14. The normalized spacial score (nSPS) is 10.9. The van der Waals surface area contributed by atoms with Crippen LogP contribution in [0.3, 0.4) is 0 Å². The minimum atomic E-state index is -0.481. The number of carbonyl (C=O) groups is 1. The predicted octanol–water partition coefficient (Wildman–Crippen LogP) is 4.25. The largest absolute Gasteiger partial charge is 0.375 e. The van der Waals surface area contributed by atoms with Crippen LogP contribution in [0.15, 0.2) is 40.9 Å². The Hall–Kier alpha value is -2.96. The first-order valence-corrected chi connectivity index (χ1v) is 10.5. The highest BCUT2D eigenvalue weighted by Gasteiger charge is 2.16. The Kier molecular flexibility index (Phi) is 5.22. The van der Waals surface area contributed by atoms with Crippen molar-refractivity contribution in [3.63, 3.8) is 0 Å². The minimum absolute atomic E-state index is 0.0672. The van der Waals surface area contributed by atoms with Crippen LogP contribution in [0.2, 0.25) is 0 Å². The summed E-state index contributed by atoms with van der Waals surface area (Å²) < 4.78 is 1.30. The molecule has 12 heteroatoms. The predicted molar refractivity (Wildman–Crippen MR) is 116 cm³/mol. The summed E-state index contributed by atoms with van der Waals surface area (Å²) in [6.07, 6.45) is 0.159. The summed E-state index contributed by atoms with van der Waals surface area (Å²) in [5.74, 6) is -0.244. The molecule has 0 atom stereocenters. The van der Waals surface area contributed by atoms with E-state index in [0.717, 1.165) is 27.1 Å². The monoisotopic (exact) mass is 490 g/mol. The van der Waals surface area contributed by atoms with Crippen LogP contribution in [0.5, 0.6) is 0 Å². The average Bonchev–Trinajstić information content (AvgIpc) is 3.27. The first-order valence-electron chi connectivity index (χ1n) is 8.11. The van der Waals surface area contributed by atoms with Crippen LogP contribution in [0.4, 0.5) is 16.0 Å². The van der Waals surface area contributed by atoms with E-state index in [1.54, 1.807) is 12.1 Å². The maximum absolute atomic E-state index is 12.4. The van der Waals surface area contributed by atoms with Gasteiger partial charge < -0.3 is 11.1 Å². The van der Waals surface area contributed by atoms with Crippen molar-refractivity contribution in [2.75, 3.05) is 11.1 Å². The van der Waals surface area contributed by atoms with Gasteiger partial charge in [0.1, 0.15) is 5.01 Å². The molecule has 0 aliphatic rings. The molecule has 0 bridgehead atoms. The number of hydrogen-bond donors (Lipinski definition) is 2. The molecule has 4 aromatic rings. The van der Waals surface area contributed by atoms with Crippen molar-refractivity contribution < 1.29 is 9.72 Å². The molecule has 0 aliphatic carbocycles. The molecule has 0 aliphatic heterocycles. The molecule has 3 N–H and O–H groups in total. The Morgan fingerprint density at radius 3 is 2.83 bits per heavy atom. The van der Waals surface area contributed by atoms with Crippen molar-refractivity contribution in [3.05, 3.63) is 56.5 Å². The molecule has 0 unspecified atom stereocenters. The number of nitrogen functional groups attached to an aromatic ring is 1. The van der Waals surface area contributed by atoms with Crippen LogP contribution < -0.4 is 11.1 Å². The van der Waals surface area contributed by atoms with E-state index < -0.39 is 4.92 Å². The molecule has 0 spiro atoms. The summed E-state index contributed by atoms with van der Waals surface area (Å²) in [5.41, 5.74) is 7.81. The smallest absolute Gasteiger partial charge is 0.284 e. The van der Waals surface area contributed by atoms with Crippen LogP contribution in [0.1, 0.15) is 5.56 Å². The van der Waals surface area contributed by atoms with Gasteiger partial charge in [0.05, 0.1) is 26.0 Å². The zero-order valence-electron chi connectivity index (χ0n) is 14.5. The first kappa shape index (κ1) is 19.4. The fourth-order valence-corrected chi connectivity index (χ4v) is 4.57. The quantitative estimate of drug-likeness (QED) is 0.315. The molecule has 2 aromatic carbocycles. The van der Waals surface area contributed by atoms with Gasteiger partial charge in [-0.2, -0.15) is 0 Å². The third-order valence-corrected chi connectivity index (χ3v) is 6.30. The molecular formula is C17H11BrN6O3S2. The van der Waals surface area contributed by atoms with Crippen LogP contribution in [-0.2, 0) is 11.2 Å². The summed E-state index contributed by atoms with van der Waals surface area (Å²) in [6, 6.07) is 10.2. The zero-order chi connectivity index (χ0) is 20.5. The Morgan fingerprint density at radius 1 is 1.21 bits per heavy atom. The number of thiazole rings is 1. The van der Waals surface area contributed by atoms with Crippen molar-refractivity contribution in [1.82, 2.24) is 15.2 Å². The summed E-state index contributed by atoms with van der Waals surface area (Å²) in [6.45, 7) is 0. The van der Waals surface area contributed by atoms with Gasteiger partial charge in [-0.3, -0.25) is 14.9 Å². The standard InChI is InChI=1S/C17H11BrN6O3S2/c18-10-3-2-9(7-12(10)24(26)27)15-22-23-17(29-15)21-14(25)6-8-1-4-11-13(5-8)28-16(19)20-11/h1-5,7H,6H2,(H2,19,20)(H,21,23,25). The van der Waals surface area contributed by atoms with Gasteiger partial charge in [-0.25, -0.2) is 4.98 Å². The van der Waals surface area contributed by atoms with Crippen LogP contribution in [0.25, 0.3) is 20.8 Å². The number of amides is 1. The second-order valence-corrected chi connectivity index (χ2v) is 8.81. The number of nitro benzene ring substituents is 1. The fourth-order valence-electron chi connectivity index (χ4n) is 2.62. The number of halogens is 1. The highest BCUT2D eigenvalue weighted by atomic mass is 79.9. The highest BCUT2D eigenvalue weighted by Crippen LogP contribution is 2.33. The molecule has 2 aromatic heterocycles. The van der Waals surface area contributed by atoms with E-state index in [9.17, 15) is 14.9 Å². The lowest BCUT2D eigenvalue weighted by Gasteiger charge is -2.01. The fraction of sp³-hybridized carbons (Fsp3) is 0.0588. The second kappa shape index (κ2) is 7.81. The van der Waals surface area contributed by atoms with Gasteiger partial charge in [0.25, 0.3) is 5.69 Å². The maximum atomic E-state index is 12.4. The number of anilines is 2. The van der Waals surface area contributed by atoms with E-state index in [1.807, 2.05) is 18.2 Å². The highest BCUT2D eigenvalue weighted by molar-refractivity contribution is 9.10. The topological polar surface area (TPSA) is 137 Å². The molecule has 2 heterocycles. The minimum Gasteiger partial charge on any atom is -0.375 e. The van der Waals surface area contributed by atoms with Crippen LogP contribution >= 0.6 is 38.6 Å². The van der Waals surface area contributed by atoms with Gasteiger partial charge in [0.15, 0.2) is 5.13 Å². The molecule has 0 radical (unpaired) electrons. The van der Waals surface area contributed by atoms with Crippen molar-refractivity contribution >= 4 is 70.7 Å². The Labute approximate surface area is 179 Å². The Bertz CT molecular complexity index is 1260. The third-order valence-electron chi connectivity index (χ3n) is 3.90. The first-order chi connectivity index (χ1) is 13.9. The number of nitrogens with zero attached hydrogens (tertiary/aromatic N) is 4. The van der Waals surface area contributed by atoms with E-state index in [4.69, 9.17) is 5.73 Å². The molecule has 29 heavy (non-hydrogen) atoms. The number of nitrogens with two attached hydrogens (primary N) is 1. The van der Waals surface area contributed by atoms with Gasteiger partial charge in [-0.15, -0.1) is 10.2 Å². The Balaban J connectivity index is 1.47. The molecule has 0 saturated carbocycles. The Morgan fingerprint density at radius 2 is 2.03 bits per heavy atom. The van der Waals surface area contributed by atoms with Crippen molar-refractivity contribution in [2.45, 2.75) is 6.42 Å². The van der Waals surface area contributed by atoms with Gasteiger partial charge in [-0.05, 0) is 39.7 Å². The van der Waals surface area contributed by atoms with E-state index in [0.29, 0.717) is 25.3 Å². The molecule has 1 amide bonds. The summed E-state index contributed by atoms with van der Waals surface area (Å²) >= 11 is 5.65. The van der Waals surface area contributed by atoms with E-state index in [2.05, 4.69) is 36.4 Å². The number of nitrogens with one attached hydrogen (secondary N) is 1. The summed E-state index contributed by atoms with van der Waals surface area (Å²) in [7, 11) is 0. The second-order valence-electron chi connectivity index (χ2n) is 5.91. The number of rotatable bonds is 5. The molecule has 146 valence electrons. The number of carbonyl (C=O) groups excluding carboxylic acids is 1. The molecule has 0 fully saturated rings. The van der Waals surface area contributed by atoms with Crippen LogP contribution in [0, 0.1) is 10.1 Å². The van der Waals surface area contributed by atoms with Gasteiger partial charge >= 0.3 is 0 Å². The number of hydrogen-bond acceptors (Lipinski definition) is 9. The summed E-state index contributed by atoms with van der Waals surface area (Å²) in [4.78, 5) is 27.1. The maximum Gasteiger partial charge on any atom is 0.284 e. The van der Waals surface area contributed by atoms with Crippen molar-refractivity contribution in [2.24, 2.45) is 0 Å². The molecule has 4 rings (SSSR count). The van der Waals surface area contributed by atoms with E-state index in [-0.39, 0.29) is 18.0 Å². The summed E-state index contributed by atoms with van der Waals surface area (Å²) in [5, 5.41) is 23.0. The van der Waals surface area contributed by atoms with Gasteiger partial charge in [0, 0.05) is 11.6 Å². The number of benzene rings is 2. The average molecular weight is 491 g/mol. The third kappa shape index (κ3) is 4.23. The van der Waals surface area contributed by atoms with Gasteiger partial charge in [0.2, 0.25) is 11.0 Å². The van der Waals surface area contributed by atoms with E-state index >= 15 is 0 Å². The number of nitro groups is 1. The number of fused-ring (bicyclic) bond motifs is 1. The zero-order valence-corrected chi connectivity index (χ0v) is 17.7. The lowest BCUT2D eigenvalue weighted by atomic mass is 10.1. The van der Waals surface area contributed by atoms with E-state index in [1.165, 1.54) is 17.4 Å². The number of aromatic nitrogens is 3. The van der Waals surface area contributed by atoms with Crippen molar-refractivity contribution in [3.8, 4) is 10.6 Å².